The van der Waals surface area contributed by atoms with Crippen LogP contribution in [0.3, 0.4) is 0 Å². The second kappa shape index (κ2) is 8.18. The van der Waals surface area contributed by atoms with Crippen molar-refractivity contribution in [2.75, 3.05) is 0 Å². The third-order valence-electron chi connectivity index (χ3n) is 6.70. The van der Waals surface area contributed by atoms with Crippen molar-refractivity contribution in [2.24, 2.45) is 0 Å². The van der Waals surface area contributed by atoms with Crippen LogP contribution in [0.15, 0.2) is 42.7 Å². The summed E-state index contributed by atoms with van der Waals surface area (Å²) < 4.78 is 1.99. The number of carbonyl (C=O) groups is 1. The van der Waals surface area contributed by atoms with Gasteiger partial charge < -0.3 is 5.11 Å². The van der Waals surface area contributed by atoms with E-state index in [9.17, 15) is 4.79 Å². The van der Waals surface area contributed by atoms with Crippen LogP contribution in [-0.4, -0.2) is 20.9 Å². The zero-order valence-corrected chi connectivity index (χ0v) is 18.8. The number of fused-ring (bicyclic) bond motifs is 1. The molecule has 0 unspecified atom stereocenters. The van der Waals surface area contributed by atoms with Gasteiger partial charge in [-0.25, -0.2) is 4.79 Å². The third kappa shape index (κ3) is 4.07. The lowest BCUT2D eigenvalue weighted by Gasteiger charge is -2.37. The monoisotopic (exact) mass is 414 g/mol. The Balaban J connectivity index is 1.83. The van der Waals surface area contributed by atoms with Gasteiger partial charge in [-0.2, -0.15) is 5.10 Å². The van der Waals surface area contributed by atoms with Crippen molar-refractivity contribution in [1.82, 2.24) is 9.78 Å². The molecule has 4 nitrogen and oxygen atoms in total. The van der Waals surface area contributed by atoms with Crippen molar-refractivity contribution in [3.05, 3.63) is 87.2 Å². The zero-order chi connectivity index (χ0) is 22.2. The summed E-state index contributed by atoms with van der Waals surface area (Å²) in [4.78, 5) is 11.1. The number of benzene rings is 2. The van der Waals surface area contributed by atoms with E-state index in [2.05, 4.69) is 44.9 Å². The van der Waals surface area contributed by atoms with Crippen LogP contribution in [0, 0.1) is 13.8 Å². The Morgan fingerprint density at radius 2 is 1.90 bits per heavy atom. The molecule has 0 atom stereocenters. The summed E-state index contributed by atoms with van der Waals surface area (Å²) in [5, 5.41) is 13.6. The van der Waals surface area contributed by atoms with Crippen molar-refractivity contribution >= 4 is 18.1 Å². The van der Waals surface area contributed by atoms with Gasteiger partial charge in [0.2, 0.25) is 0 Å². The zero-order valence-electron chi connectivity index (χ0n) is 18.8. The van der Waals surface area contributed by atoms with Gasteiger partial charge in [-0.05, 0) is 95.7 Å². The Morgan fingerprint density at radius 1 is 1.16 bits per heavy atom. The predicted octanol–water partition coefficient (Wildman–Crippen LogP) is 6.03. The van der Waals surface area contributed by atoms with E-state index in [4.69, 9.17) is 5.11 Å². The maximum absolute atomic E-state index is 11.1. The van der Waals surface area contributed by atoms with Crippen molar-refractivity contribution in [1.29, 1.82) is 0 Å². The standard InChI is InChI=1S/C27H30N2O2/c1-18-22(13-10-20-8-11-21(12-9-20)26(30)31)24(17-29-16-6-15-28-29)19(2)25-23(18)7-5-14-27(25,3)4/h6,8-13,15-16H,5,7,14,17H2,1-4H3,(H,30,31). The Hall–Kier alpha value is -3.14. The maximum atomic E-state index is 11.1. The van der Waals surface area contributed by atoms with Crippen LogP contribution >= 0.6 is 0 Å². The first kappa shape index (κ1) is 21.1. The maximum Gasteiger partial charge on any atom is 0.335 e. The molecule has 0 saturated heterocycles. The van der Waals surface area contributed by atoms with Gasteiger partial charge in [0.1, 0.15) is 0 Å². The number of carboxylic acids is 1. The van der Waals surface area contributed by atoms with Crippen LogP contribution in [0.2, 0.25) is 0 Å². The lowest BCUT2D eigenvalue weighted by molar-refractivity contribution is 0.0697. The number of hydrogen-bond donors (Lipinski definition) is 1. The van der Waals surface area contributed by atoms with E-state index >= 15 is 0 Å². The summed E-state index contributed by atoms with van der Waals surface area (Å²) in [6.07, 6.45) is 11.7. The summed E-state index contributed by atoms with van der Waals surface area (Å²) in [7, 11) is 0. The van der Waals surface area contributed by atoms with Crippen LogP contribution in [0.4, 0.5) is 0 Å². The van der Waals surface area contributed by atoms with Gasteiger partial charge in [0, 0.05) is 12.4 Å². The normalized spacial score (nSPS) is 15.2. The van der Waals surface area contributed by atoms with Crippen LogP contribution in [0.25, 0.3) is 12.2 Å². The van der Waals surface area contributed by atoms with Crippen LogP contribution in [0.1, 0.15) is 76.0 Å². The fourth-order valence-electron chi connectivity index (χ4n) is 5.12. The van der Waals surface area contributed by atoms with Crippen LogP contribution < -0.4 is 0 Å². The Bertz CT molecular complexity index is 1140. The number of nitrogens with zero attached hydrogens (tertiary/aromatic N) is 2. The molecule has 3 aromatic rings. The Morgan fingerprint density at radius 3 is 2.55 bits per heavy atom. The highest BCUT2D eigenvalue weighted by molar-refractivity contribution is 5.88. The topological polar surface area (TPSA) is 55.1 Å². The van der Waals surface area contributed by atoms with E-state index in [1.165, 1.54) is 46.2 Å². The van der Waals surface area contributed by atoms with E-state index in [0.717, 1.165) is 18.5 Å². The highest BCUT2D eigenvalue weighted by Gasteiger charge is 2.32. The molecule has 1 aliphatic carbocycles. The van der Waals surface area contributed by atoms with Crippen molar-refractivity contribution in [3.63, 3.8) is 0 Å². The Labute approximate surface area is 184 Å². The minimum Gasteiger partial charge on any atom is -0.478 e. The summed E-state index contributed by atoms with van der Waals surface area (Å²) in [5.74, 6) is -0.902. The molecule has 0 bridgehead atoms. The molecule has 1 aliphatic rings. The molecule has 1 N–H and O–H groups in total. The molecule has 31 heavy (non-hydrogen) atoms. The summed E-state index contributed by atoms with van der Waals surface area (Å²) in [6.45, 7) is 9.99. The molecular weight excluding hydrogens is 384 g/mol. The average molecular weight is 415 g/mol. The quantitative estimate of drug-likeness (QED) is 0.519. The fourth-order valence-corrected chi connectivity index (χ4v) is 5.12. The second-order valence-corrected chi connectivity index (χ2v) is 9.20. The van der Waals surface area contributed by atoms with Gasteiger partial charge in [-0.1, -0.05) is 38.1 Å². The third-order valence-corrected chi connectivity index (χ3v) is 6.70. The molecule has 160 valence electrons. The minimum atomic E-state index is -0.902. The highest BCUT2D eigenvalue weighted by atomic mass is 16.4. The summed E-state index contributed by atoms with van der Waals surface area (Å²) in [6, 6.07) is 8.98. The van der Waals surface area contributed by atoms with Gasteiger partial charge in [-0.3, -0.25) is 4.68 Å². The lowest BCUT2D eigenvalue weighted by atomic mass is 9.68. The summed E-state index contributed by atoms with van der Waals surface area (Å²) in [5.41, 5.74) is 9.79. The van der Waals surface area contributed by atoms with Crippen LogP contribution in [0.5, 0.6) is 0 Å². The van der Waals surface area contributed by atoms with Gasteiger partial charge in [0.05, 0.1) is 12.1 Å². The smallest absolute Gasteiger partial charge is 0.335 e. The number of hydrogen-bond acceptors (Lipinski definition) is 2. The molecule has 2 aromatic carbocycles. The molecule has 1 heterocycles. The number of aromatic nitrogens is 2. The molecule has 0 saturated carbocycles. The van der Waals surface area contributed by atoms with E-state index in [0.29, 0.717) is 5.56 Å². The molecular formula is C27H30N2O2. The van der Waals surface area contributed by atoms with Crippen molar-refractivity contribution < 1.29 is 9.90 Å². The van der Waals surface area contributed by atoms with Crippen molar-refractivity contribution in [3.8, 4) is 0 Å². The van der Waals surface area contributed by atoms with Crippen molar-refractivity contribution in [2.45, 2.75) is 58.9 Å². The van der Waals surface area contributed by atoms with Gasteiger partial charge in [0.15, 0.2) is 0 Å². The first-order chi connectivity index (χ1) is 14.8. The highest BCUT2D eigenvalue weighted by Crippen LogP contribution is 2.43. The second-order valence-electron chi connectivity index (χ2n) is 9.20. The van der Waals surface area contributed by atoms with Gasteiger partial charge in [0.25, 0.3) is 0 Å². The van der Waals surface area contributed by atoms with E-state index < -0.39 is 5.97 Å². The molecule has 0 amide bonds. The largest absolute Gasteiger partial charge is 0.478 e. The number of rotatable bonds is 5. The van der Waals surface area contributed by atoms with E-state index in [1.807, 2.05) is 35.3 Å². The minimum absolute atomic E-state index is 0.177. The average Bonchev–Trinajstić information content (AvgIpc) is 3.24. The molecule has 0 radical (unpaired) electrons. The first-order valence-electron chi connectivity index (χ1n) is 10.9. The number of carboxylic acid groups (broad SMARTS) is 1. The SMILES string of the molecule is Cc1c(C=Cc2ccc(C(=O)O)cc2)c(Cn2cccn2)c(C)c2c1CCCC2(C)C. The van der Waals surface area contributed by atoms with E-state index in [1.54, 1.807) is 12.1 Å². The van der Waals surface area contributed by atoms with Gasteiger partial charge >= 0.3 is 5.97 Å². The number of aromatic carboxylic acids is 1. The van der Waals surface area contributed by atoms with Gasteiger partial charge in [-0.15, -0.1) is 0 Å². The molecule has 1 aromatic heterocycles. The molecule has 0 fully saturated rings. The molecule has 4 rings (SSSR count). The van der Waals surface area contributed by atoms with Crippen LogP contribution in [-0.2, 0) is 18.4 Å². The predicted molar refractivity (Wildman–Crippen MR) is 126 cm³/mol. The first-order valence-corrected chi connectivity index (χ1v) is 10.9. The summed E-state index contributed by atoms with van der Waals surface area (Å²) >= 11 is 0. The Kier molecular flexibility index (Phi) is 5.57. The van der Waals surface area contributed by atoms with E-state index in [-0.39, 0.29) is 5.41 Å². The molecule has 4 heteroatoms. The molecule has 0 spiro atoms. The molecule has 0 aliphatic heterocycles. The lowest BCUT2D eigenvalue weighted by Crippen LogP contribution is -2.27. The fraction of sp³-hybridized carbons (Fsp3) is 0.333.